The first-order valence-corrected chi connectivity index (χ1v) is 10.9. The molecule has 3 fully saturated rings. The molecule has 4 unspecified atom stereocenters. The van der Waals surface area contributed by atoms with Gasteiger partial charge in [-0.25, -0.2) is 12.8 Å². The van der Waals surface area contributed by atoms with Gasteiger partial charge in [0.15, 0.2) is 0 Å². The monoisotopic (exact) mass is 380 g/mol. The Labute approximate surface area is 154 Å². The maximum atomic E-state index is 13.1. The molecule has 3 aliphatic rings. The highest BCUT2D eigenvalue weighted by Crippen LogP contribution is 2.44. The quantitative estimate of drug-likeness (QED) is 0.873. The third-order valence-corrected chi connectivity index (χ3v) is 8.15. The van der Waals surface area contributed by atoms with E-state index in [2.05, 4.69) is 5.32 Å². The van der Waals surface area contributed by atoms with Crippen LogP contribution < -0.4 is 5.32 Å². The zero-order valence-electron chi connectivity index (χ0n) is 14.7. The lowest BCUT2D eigenvalue weighted by molar-refractivity contribution is -0.127. The van der Waals surface area contributed by atoms with Gasteiger partial charge >= 0.3 is 0 Å². The summed E-state index contributed by atoms with van der Waals surface area (Å²) in [7, 11) is -3.69. The third-order valence-electron chi connectivity index (χ3n) is 6.27. The summed E-state index contributed by atoms with van der Waals surface area (Å²) in [5, 5.41) is 3.19. The van der Waals surface area contributed by atoms with Crippen molar-refractivity contribution in [1.82, 2.24) is 9.62 Å². The van der Waals surface area contributed by atoms with Crippen molar-refractivity contribution in [2.45, 2.75) is 49.5 Å². The number of carbonyl (C=O) groups is 1. The second-order valence-electron chi connectivity index (χ2n) is 7.95. The van der Waals surface area contributed by atoms with Gasteiger partial charge in [0.1, 0.15) is 5.82 Å². The predicted octanol–water partition coefficient (Wildman–Crippen LogP) is 2.53. The Morgan fingerprint density at radius 2 is 1.88 bits per heavy atom. The molecular formula is C19H25FN2O3S. The van der Waals surface area contributed by atoms with Crippen molar-refractivity contribution < 1.29 is 17.6 Å². The van der Waals surface area contributed by atoms with E-state index in [-0.39, 0.29) is 29.3 Å². The molecule has 5 nitrogen and oxygen atoms in total. The van der Waals surface area contributed by atoms with E-state index in [0.717, 1.165) is 24.5 Å². The average molecular weight is 380 g/mol. The number of piperidine rings is 1. The van der Waals surface area contributed by atoms with Crippen LogP contribution in [0.5, 0.6) is 0 Å². The van der Waals surface area contributed by atoms with Crippen molar-refractivity contribution >= 4 is 15.9 Å². The van der Waals surface area contributed by atoms with Gasteiger partial charge in [-0.2, -0.15) is 4.31 Å². The first-order valence-electron chi connectivity index (χ1n) is 9.49. The molecule has 1 saturated heterocycles. The van der Waals surface area contributed by atoms with E-state index >= 15 is 0 Å². The lowest BCUT2D eigenvalue weighted by Crippen LogP contribution is -2.48. The Hall–Kier alpha value is -1.47. The summed E-state index contributed by atoms with van der Waals surface area (Å²) in [4.78, 5) is 12.8. The standard InChI is InChI=1S/C19H25FN2O3S/c20-16-5-7-17(8-6-16)26(24,25)22-9-1-2-15(12-22)19(23)21-18-11-13-3-4-14(18)10-13/h5-8,13-15,18H,1-4,9-12H2,(H,21,23). The summed E-state index contributed by atoms with van der Waals surface area (Å²) < 4.78 is 40.0. The fourth-order valence-electron chi connectivity index (χ4n) is 4.85. The summed E-state index contributed by atoms with van der Waals surface area (Å²) in [6.45, 7) is 0.601. The average Bonchev–Trinajstić information content (AvgIpc) is 3.25. The number of nitrogens with zero attached hydrogens (tertiary/aromatic N) is 1. The van der Waals surface area contributed by atoms with Gasteiger partial charge in [0.2, 0.25) is 15.9 Å². The minimum Gasteiger partial charge on any atom is -0.353 e. The molecule has 142 valence electrons. The Morgan fingerprint density at radius 1 is 1.12 bits per heavy atom. The number of hydrogen-bond acceptors (Lipinski definition) is 3. The van der Waals surface area contributed by atoms with Gasteiger partial charge in [0, 0.05) is 19.1 Å². The highest BCUT2D eigenvalue weighted by molar-refractivity contribution is 7.89. The van der Waals surface area contributed by atoms with Crippen LogP contribution in [0.15, 0.2) is 29.2 Å². The maximum absolute atomic E-state index is 13.1. The number of benzene rings is 1. The van der Waals surface area contributed by atoms with Gasteiger partial charge in [-0.15, -0.1) is 0 Å². The van der Waals surface area contributed by atoms with Crippen molar-refractivity contribution in [2.75, 3.05) is 13.1 Å². The second kappa shape index (κ2) is 6.93. The highest BCUT2D eigenvalue weighted by atomic mass is 32.2. The Morgan fingerprint density at radius 3 is 2.54 bits per heavy atom. The van der Waals surface area contributed by atoms with Crippen molar-refractivity contribution in [1.29, 1.82) is 0 Å². The number of hydrogen-bond donors (Lipinski definition) is 1. The number of fused-ring (bicyclic) bond motifs is 2. The molecule has 1 amide bonds. The normalized spacial score (nSPS) is 31.9. The van der Waals surface area contributed by atoms with Crippen LogP contribution in [0, 0.1) is 23.6 Å². The summed E-state index contributed by atoms with van der Waals surface area (Å²) >= 11 is 0. The molecule has 0 aromatic heterocycles. The van der Waals surface area contributed by atoms with E-state index in [9.17, 15) is 17.6 Å². The van der Waals surface area contributed by atoms with Gasteiger partial charge < -0.3 is 5.32 Å². The van der Waals surface area contributed by atoms with Gasteiger partial charge in [0.05, 0.1) is 10.8 Å². The number of amides is 1. The number of halogens is 1. The molecular weight excluding hydrogens is 355 g/mol. The molecule has 7 heteroatoms. The van der Waals surface area contributed by atoms with Gasteiger partial charge in [0.25, 0.3) is 0 Å². The highest BCUT2D eigenvalue weighted by Gasteiger charge is 2.41. The van der Waals surface area contributed by atoms with Crippen LogP contribution in [-0.2, 0) is 14.8 Å². The van der Waals surface area contributed by atoms with Crippen LogP contribution in [0.4, 0.5) is 4.39 Å². The van der Waals surface area contributed by atoms with E-state index in [1.165, 1.54) is 35.7 Å². The molecule has 26 heavy (non-hydrogen) atoms. The van der Waals surface area contributed by atoms with E-state index in [0.29, 0.717) is 25.3 Å². The lowest BCUT2D eigenvalue weighted by Gasteiger charge is -2.32. The van der Waals surface area contributed by atoms with Gasteiger partial charge in [-0.05, 0) is 68.2 Å². The zero-order chi connectivity index (χ0) is 18.3. The summed E-state index contributed by atoms with van der Waals surface area (Å²) in [5.41, 5.74) is 0. The molecule has 1 aromatic carbocycles. The molecule has 4 atom stereocenters. The van der Waals surface area contributed by atoms with Gasteiger partial charge in [-0.3, -0.25) is 4.79 Å². The summed E-state index contributed by atoms with van der Waals surface area (Å²) in [5.74, 6) is 0.573. The molecule has 1 aromatic rings. The number of nitrogens with one attached hydrogen (secondary N) is 1. The molecule has 2 saturated carbocycles. The van der Waals surface area contributed by atoms with Crippen LogP contribution >= 0.6 is 0 Å². The molecule has 0 radical (unpaired) electrons. The number of sulfonamides is 1. The predicted molar refractivity (Wildman–Crippen MR) is 95.3 cm³/mol. The van der Waals surface area contributed by atoms with Crippen LogP contribution in [0.1, 0.15) is 38.5 Å². The van der Waals surface area contributed by atoms with E-state index in [1.807, 2.05) is 0 Å². The number of rotatable bonds is 4. The molecule has 1 aliphatic heterocycles. The summed E-state index contributed by atoms with van der Waals surface area (Å²) in [6.07, 6.45) is 6.15. The van der Waals surface area contributed by atoms with Crippen molar-refractivity contribution in [3.8, 4) is 0 Å². The molecule has 4 rings (SSSR count). The molecule has 2 aliphatic carbocycles. The Balaban J connectivity index is 1.42. The SMILES string of the molecule is O=C(NC1CC2CCC1C2)C1CCCN(S(=O)(=O)c2ccc(F)cc2)C1. The van der Waals surface area contributed by atoms with Crippen LogP contribution in [0.2, 0.25) is 0 Å². The fraction of sp³-hybridized carbons (Fsp3) is 0.632. The van der Waals surface area contributed by atoms with Crippen LogP contribution in [0.3, 0.4) is 0 Å². The molecule has 2 bridgehead atoms. The smallest absolute Gasteiger partial charge is 0.243 e. The van der Waals surface area contributed by atoms with Crippen molar-refractivity contribution in [2.24, 2.45) is 17.8 Å². The third kappa shape index (κ3) is 3.39. The van der Waals surface area contributed by atoms with E-state index < -0.39 is 15.8 Å². The van der Waals surface area contributed by atoms with E-state index in [1.54, 1.807) is 0 Å². The Kier molecular flexibility index (Phi) is 4.77. The first-order chi connectivity index (χ1) is 12.4. The first kappa shape index (κ1) is 17.9. The van der Waals surface area contributed by atoms with Crippen molar-refractivity contribution in [3.63, 3.8) is 0 Å². The van der Waals surface area contributed by atoms with E-state index in [4.69, 9.17) is 0 Å². The molecule has 1 N–H and O–H groups in total. The largest absolute Gasteiger partial charge is 0.353 e. The maximum Gasteiger partial charge on any atom is 0.243 e. The summed E-state index contributed by atoms with van der Waals surface area (Å²) in [6, 6.07) is 5.13. The van der Waals surface area contributed by atoms with Crippen LogP contribution in [-0.4, -0.2) is 37.8 Å². The molecule has 0 spiro atoms. The van der Waals surface area contributed by atoms with Crippen LogP contribution in [0.25, 0.3) is 0 Å². The second-order valence-corrected chi connectivity index (χ2v) is 9.88. The van der Waals surface area contributed by atoms with Crippen molar-refractivity contribution in [3.05, 3.63) is 30.1 Å². The molecule has 1 heterocycles. The number of carbonyl (C=O) groups excluding carboxylic acids is 1. The van der Waals surface area contributed by atoms with Gasteiger partial charge in [-0.1, -0.05) is 6.42 Å². The Bertz CT molecular complexity index is 780. The minimum atomic E-state index is -3.69. The zero-order valence-corrected chi connectivity index (χ0v) is 15.6. The fourth-order valence-corrected chi connectivity index (χ4v) is 6.38. The minimum absolute atomic E-state index is 0.0124. The lowest BCUT2D eigenvalue weighted by atomic mass is 9.93. The topological polar surface area (TPSA) is 66.5 Å².